The van der Waals surface area contributed by atoms with E-state index in [2.05, 4.69) is 5.32 Å². The van der Waals surface area contributed by atoms with Crippen LogP contribution in [0.3, 0.4) is 0 Å². The lowest BCUT2D eigenvalue weighted by Gasteiger charge is -2.22. The molecule has 0 bridgehead atoms. The highest BCUT2D eigenvalue weighted by Gasteiger charge is 2.32. The molecule has 0 radical (unpaired) electrons. The van der Waals surface area contributed by atoms with Crippen molar-refractivity contribution in [2.24, 2.45) is 0 Å². The predicted octanol–water partition coefficient (Wildman–Crippen LogP) is -0.146. The standard InChI is InChI=1S/C8H14N2O2S/c1-6-10(2-3-12-6)8(11)7-4-13-5-9-7/h6-7,9H,2-5H2,1H3. The minimum Gasteiger partial charge on any atom is -0.357 e. The summed E-state index contributed by atoms with van der Waals surface area (Å²) in [4.78, 5) is 13.6. The van der Waals surface area contributed by atoms with Gasteiger partial charge in [-0.2, -0.15) is 0 Å². The minimum atomic E-state index is -0.0418. The lowest BCUT2D eigenvalue weighted by atomic mass is 10.3. The number of hydrogen-bond acceptors (Lipinski definition) is 4. The maximum absolute atomic E-state index is 11.8. The molecule has 0 aromatic carbocycles. The molecule has 2 atom stereocenters. The second kappa shape index (κ2) is 3.86. The first kappa shape index (κ1) is 9.30. The fourth-order valence-electron chi connectivity index (χ4n) is 1.64. The van der Waals surface area contributed by atoms with Crippen LogP contribution in [0.1, 0.15) is 6.92 Å². The minimum absolute atomic E-state index is 0.00847. The third kappa shape index (κ3) is 1.82. The zero-order valence-electron chi connectivity index (χ0n) is 7.66. The Morgan fingerprint density at radius 2 is 2.54 bits per heavy atom. The molecule has 2 rings (SSSR count). The predicted molar refractivity (Wildman–Crippen MR) is 51.4 cm³/mol. The van der Waals surface area contributed by atoms with Gasteiger partial charge in [-0.3, -0.25) is 10.1 Å². The topological polar surface area (TPSA) is 41.6 Å². The molecule has 74 valence electrons. The number of ether oxygens (including phenoxy) is 1. The van der Waals surface area contributed by atoms with E-state index in [1.165, 1.54) is 0 Å². The summed E-state index contributed by atoms with van der Waals surface area (Å²) in [6.45, 7) is 3.34. The Hall–Kier alpha value is -0.260. The lowest BCUT2D eigenvalue weighted by molar-refractivity contribution is -0.136. The first-order valence-corrected chi connectivity index (χ1v) is 5.68. The van der Waals surface area contributed by atoms with Gasteiger partial charge in [0.05, 0.1) is 12.6 Å². The molecule has 2 fully saturated rings. The van der Waals surface area contributed by atoms with Crippen LogP contribution < -0.4 is 5.32 Å². The van der Waals surface area contributed by atoms with Crippen LogP contribution in [-0.2, 0) is 9.53 Å². The van der Waals surface area contributed by atoms with Gasteiger partial charge in [-0.25, -0.2) is 0 Å². The summed E-state index contributed by atoms with van der Waals surface area (Å²) in [5.74, 6) is 1.97. The van der Waals surface area contributed by atoms with Gasteiger partial charge in [0.25, 0.3) is 0 Å². The van der Waals surface area contributed by atoms with Crippen molar-refractivity contribution < 1.29 is 9.53 Å². The Labute approximate surface area is 82.0 Å². The molecule has 1 N–H and O–H groups in total. The number of thioether (sulfide) groups is 1. The molecule has 1 amide bonds. The Balaban J connectivity index is 1.95. The van der Waals surface area contributed by atoms with Crippen LogP contribution >= 0.6 is 11.8 Å². The largest absolute Gasteiger partial charge is 0.357 e. The van der Waals surface area contributed by atoms with Crippen molar-refractivity contribution >= 4 is 17.7 Å². The monoisotopic (exact) mass is 202 g/mol. The number of rotatable bonds is 1. The van der Waals surface area contributed by atoms with Crippen molar-refractivity contribution in [3.63, 3.8) is 0 Å². The van der Waals surface area contributed by atoms with Crippen molar-refractivity contribution in [3.05, 3.63) is 0 Å². The highest BCUT2D eigenvalue weighted by atomic mass is 32.2. The zero-order chi connectivity index (χ0) is 9.26. The van der Waals surface area contributed by atoms with Gasteiger partial charge in [0.15, 0.2) is 0 Å². The van der Waals surface area contributed by atoms with Gasteiger partial charge in [0, 0.05) is 18.2 Å². The highest BCUT2D eigenvalue weighted by molar-refractivity contribution is 7.99. The second-order valence-corrected chi connectivity index (χ2v) is 4.30. The summed E-state index contributed by atoms with van der Waals surface area (Å²) in [6.07, 6.45) is -0.0418. The number of hydrogen-bond donors (Lipinski definition) is 1. The van der Waals surface area contributed by atoms with Gasteiger partial charge in [0.1, 0.15) is 6.23 Å². The molecule has 4 nitrogen and oxygen atoms in total. The molecule has 2 aliphatic rings. The zero-order valence-corrected chi connectivity index (χ0v) is 8.47. The molecule has 0 aromatic heterocycles. The highest BCUT2D eigenvalue weighted by Crippen LogP contribution is 2.16. The molecular formula is C8H14N2O2S. The number of carbonyl (C=O) groups excluding carboxylic acids is 1. The third-order valence-electron chi connectivity index (χ3n) is 2.43. The first-order valence-electron chi connectivity index (χ1n) is 4.52. The molecule has 0 aromatic rings. The molecule has 13 heavy (non-hydrogen) atoms. The van der Waals surface area contributed by atoms with Crippen LogP contribution in [0, 0.1) is 0 Å². The SMILES string of the molecule is CC1OCCN1C(=O)C1CSCN1. The van der Waals surface area contributed by atoms with E-state index in [0.717, 1.165) is 18.2 Å². The maximum atomic E-state index is 11.8. The van der Waals surface area contributed by atoms with Gasteiger partial charge in [-0.15, -0.1) is 11.8 Å². The number of nitrogens with zero attached hydrogens (tertiary/aromatic N) is 1. The average molecular weight is 202 g/mol. The van der Waals surface area contributed by atoms with Crippen LogP contribution in [-0.4, -0.2) is 47.9 Å². The summed E-state index contributed by atoms with van der Waals surface area (Å²) in [7, 11) is 0. The Bertz CT molecular complexity index is 206. The first-order chi connectivity index (χ1) is 6.29. The summed E-state index contributed by atoms with van der Waals surface area (Å²) in [5, 5.41) is 3.17. The molecule has 2 heterocycles. The molecular weight excluding hydrogens is 188 g/mol. The fraction of sp³-hybridized carbons (Fsp3) is 0.875. The second-order valence-electron chi connectivity index (χ2n) is 3.27. The number of carbonyl (C=O) groups is 1. The summed E-state index contributed by atoms with van der Waals surface area (Å²) < 4.78 is 5.32. The van der Waals surface area contributed by atoms with Crippen LogP contribution in [0.4, 0.5) is 0 Å². The van der Waals surface area contributed by atoms with Crippen LogP contribution in [0.25, 0.3) is 0 Å². The van der Waals surface area contributed by atoms with Gasteiger partial charge in [-0.1, -0.05) is 0 Å². The smallest absolute Gasteiger partial charge is 0.242 e. The molecule has 0 aliphatic carbocycles. The van der Waals surface area contributed by atoms with E-state index in [1.54, 1.807) is 11.8 Å². The van der Waals surface area contributed by atoms with Gasteiger partial charge in [-0.05, 0) is 6.92 Å². The van der Waals surface area contributed by atoms with E-state index >= 15 is 0 Å². The molecule has 2 unspecified atom stereocenters. The van der Waals surface area contributed by atoms with Crippen LogP contribution in [0.2, 0.25) is 0 Å². The Morgan fingerprint density at radius 3 is 3.08 bits per heavy atom. The van der Waals surface area contributed by atoms with E-state index in [9.17, 15) is 4.79 Å². The van der Waals surface area contributed by atoms with Crippen molar-refractivity contribution in [1.29, 1.82) is 0 Å². The Kier molecular flexibility index (Phi) is 2.76. The molecule has 2 saturated heterocycles. The Morgan fingerprint density at radius 1 is 1.69 bits per heavy atom. The molecule has 0 spiro atoms. The summed E-state index contributed by atoms with van der Waals surface area (Å²) in [6, 6.07) is 0.00847. The van der Waals surface area contributed by atoms with Crippen LogP contribution in [0.15, 0.2) is 0 Å². The van der Waals surface area contributed by atoms with E-state index < -0.39 is 0 Å². The van der Waals surface area contributed by atoms with Crippen molar-refractivity contribution in [2.45, 2.75) is 19.2 Å². The molecule has 2 aliphatic heterocycles. The summed E-state index contributed by atoms with van der Waals surface area (Å²) >= 11 is 1.77. The third-order valence-corrected chi connectivity index (χ3v) is 3.37. The quantitative estimate of drug-likeness (QED) is 0.642. The molecule has 5 heteroatoms. The fourth-order valence-corrected chi connectivity index (χ4v) is 2.57. The van der Waals surface area contributed by atoms with E-state index in [1.807, 2.05) is 11.8 Å². The van der Waals surface area contributed by atoms with Crippen LogP contribution in [0.5, 0.6) is 0 Å². The normalized spacial score (nSPS) is 34.1. The van der Waals surface area contributed by atoms with E-state index in [0.29, 0.717) is 6.61 Å². The average Bonchev–Trinajstić information content (AvgIpc) is 2.72. The van der Waals surface area contributed by atoms with Gasteiger partial charge in [0.2, 0.25) is 5.91 Å². The lowest BCUT2D eigenvalue weighted by Crippen LogP contribution is -2.46. The van der Waals surface area contributed by atoms with E-state index in [4.69, 9.17) is 4.74 Å². The van der Waals surface area contributed by atoms with Gasteiger partial charge < -0.3 is 9.64 Å². The van der Waals surface area contributed by atoms with Crippen molar-refractivity contribution in [3.8, 4) is 0 Å². The van der Waals surface area contributed by atoms with Crippen molar-refractivity contribution in [2.75, 3.05) is 24.8 Å². The van der Waals surface area contributed by atoms with Gasteiger partial charge >= 0.3 is 0 Å². The maximum Gasteiger partial charge on any atom is 0.242 e. The molecule has 0 saturated carbocycles. The summed E-state index contributed by atoms with van der Waals surface area (Å²) in [5.41, 5.74) is 0. The number of amides is 1. The van der Waals surface area contributed by atoms with E-state index in [-0.39, 0.29) is 18.2 Å². The number of nitrogens with one attached hydrogen (secondary N) is 1. The van der Waals surface area contributed by atoms with Crippen molar-refractivity contribution in [1.82, 2.24) is 10.2 Å².